The van der Waals surface area contributed by atoms with Gasteiger partial charge in [-0.05, 0) is 32.4 Å². The summed E-state index contributed by atoms with van der Waals surface area (Å²) in [4.78, 5) is 42.2. The smallest absolute Gasteiger partial charge is 0.337 e. The molecule has 0 bridgehead atoms. The van der Waals surface area contributed by atoms with Gasteiger partial charge in [0.1, 0.15) is 0 Å². The molecule has 0 radical (unpaired) electrons. The van der Waals surface area contributed by atoms with Gasteiger partial charge in [0.2, 0.25) is 0 Å². The second-order valence-corrected chi connectivity index (χ2v) is 7.88. The first-order valence-corrected chi connectivity index (χ1v) is 11.0. The molecule has 3 rings (SSSR count). The van der Waals surface area contributed by atoms with E-state index in [0.717, 1.165) is 0 Å². The lowest BCUT2D eigenvalue weighted by atomic mass is 10.1. The molecule has 0 fully saturated rings. The number of carbonyl (C=O) groups excluding carboxylic acids is 2. The van der Waals surface area contributed by atoms with Crippen LogP contribution >= 0.6 is 11.8 Å². The van der Waals surface area contributed by atoms with E-state index in [1.165, 1.54) is 11.8 Å². The number of fused-ring (bicyclic) bond motifs is 1. The number of ether oxygens (including phenoxy) is 2. The van der Waals surface area contributed by atoms with E-state index in [9.17, 15) is 14.4 Å². The molecule has 166 valence electrons. The van der Waals surface area contributed by atoms with E-state index in [-0.39, 0.29) is 24.0 Å². The zero-order chi connectivity index (χ0) is 22.4. The van der Waals surface area contributed by atoms with Crippen molar-refractivity contribution in [1.29, 1.82) is 0 Å². The first kappa shape index (κ1) is 22.8. The molecule has 1 aliphatic heterocycles. The number of para-hydroxylation sites is 1. The Bertz CT molecular complexity index is 1070. The van der Waals surface area contributed by atoms with Gasteiger partial charge in [0.05, 0.1) is 29.1 Å². The zero-order valence-electron chi connectivity index (χ0n) is 17.8. The third-order valence-electron chi connectivity index (χ3n) is 4.77. The predicted molar refractivity (Wildman–Crippen MR) is 118 cm³/mol. The van der Waals surface area contributed by atoms with Gasteiger partial charge in [0.25, 0.3) is 5.56 Å². The fourth-order valence-electron chi connectivity index (χ4n) is 3.35. The quantitative estimate of drug-likeness (QED) is 0.262. The number of rotatable bonds is 9. The van der Waals surface area contributed by atoms with Crippen LogP contribution in [-0.2, 0) is 20.8 Å². The molecule has 9 nitrogen and oxygen atoms in total. The van der Waals surface area contributed by atoms with Gasteiger partial charge in [0.15, 0.2) is 5.16 Å². The lowest BCUT2D eigenvalue weighted by molar-refractivity contribution is -0.138. The van der Waals surface area contributed by atoms with E-state index >= 15 is 0 Å². The predicted octanol–water partition coefficient (Wildman–Crippen LogP) is 2.04. The molecular weight excluding hydrogens is 420 g/mol. The van der Waals surface area contributed by atoms with E-state index in [0.29, 0.717) is 46.9 Å². The Labute approximate surface area is 184 Å². The van der Waals surface area contributed by atoms with Gasteiger partial charge in [-0.3, -0.25) is 9.36 Å². The second-order valence-electron chi connectivity index (χ2n) is 6.94. The maximum atomic E-state index is 13.1. The van der Waals surface area contributed by atoms with Crippen molar-refractivity contribution >= 4 is 34.7 Å². The van der Waals surface area contributed by atoms with E-state index in [1.807, 2.05) is 6.07 Å². The van der Waals surface area contributed by atoms with Gasteiger partial charge in [0, 0.05) is 31.7 Å². The van der Waals surface area contributed by atoms with E-state index in [1.54, 1.807) is 43.7 Å². The number of nitrogens with one attached hydrogen (secondary N) is 2. The van der Waals surface area contributed by atoms with Crippen molar-refractivity contribution in [3.63, 3.8) is 0 Å². The van der Waals surface area contributed by atoms with Crippen LogP contribution in [-0.4, -0.2) is 53.7 Å². The van der Waals surface area contributed by atoms with Crippen LogP contribution in [0.1, 0.15) is 20.3 Å². The van der Waals surface area contributed by atoms with Gasteiger partial charge >= 0.3 is 12.0 Å². The second kappa shape index (κ2) is 10.5. The molecule has 2 heterocycles. The first-order chi connectivity index (χ1) is 15.0. The molecule has 0 unspecified atom stereocenters. The fraction of sp³-hybridized carbons (Fsp3) is 0.429. The number of hydrogen-bond acceptors (Lipinski definition) is 7. The summed E-state index contributed by atoms with van der Waals surface area (Å²) < 4.78 is 11.9. The number of methoxy groups -OCH3 is 1. The number of hydrogen-bond donors (Lipinski definition) is 2. The molecule has 31 heavy (non-hydrogen) atoms. The van der Waals surface area contributed by atoms with Crippen LogP contribution in [0, 0.1) is 0 Å². The largest absolute Gasteiger partial charge is 0.463 e. The maximum Gasteiger partial charge on any atom is 0.337 e. The van der Waals surface area contributed by atoms with Crippen molar-refractivity contribution in [3.05, 3.63) is 45.9 Å². The molecule has 2 aromatic rings. The minimum Gasteiger partial charge on any atom is -0.463 e. The summed E-state index contributed by atoms with van der Waals surface area (Å²) in [5, 5.41) is 6.43. The number of carbonyl (C=O) groups is 2. The SMILES string of the molecule is CCOC(=O)C1=C(CSc2nc3ccccc3c(=O)n2CCCOC)NC(=O)N[C@@H]1C. The summed E-state index contributed by atoms with van der Waals surface area (Å²) >= 11 is 1.29. The van der Waals surface area contributed by atoms with Crippen molar-refractivity contribution in [3.8, 4) is 0 Å². The summed E-state index contributed by atoms with van der Waals surface area (Å²) in [5.74, 6) is -0.233. The highest BCUT2D eigenvalue weighted by molar-refractivity contribution is 7.99. The van der Waals surface area contributed by atoms with Gasteiger partial charge in [-0.15, -0.1) is 0 Å². The Balaban J connectivity index is 1.96. The van der Waals surface area contributed by atoms with Gasteiger partial charge < -0.3 is 20.1 Å². The summed E-state index contributed by atoms with van der Waals surface area (Å²) in [7, 11) is 1.61. The summed E-state index contributed by atoms with van der Waals surface area (Å²) in [5.41, 5.74) is 1.28. The molecule has 2 amide bonds. The topological polar surface area (TPSA) is 112 Å². The Morgan fingerprint density at radius 3 is 2.81 bits per heavy atom. The van der Waals surface area contributed by atoms with Crippen LogP contribution < -0.4 is 16.2 Å². The van der Waals surface area contributed by atoms with Crippen molar-refractivity contribution < 1.29 is 19.1 Å². The fourth-order valence-corrected chi connectivity index (χ4v) is 4.35. The van der Waals surface area contributed by atoms with Crippen LogP contribution in [0.4, 0.5) is 4.79 Å². The third-order valence-corrected chi connectivity index (χ3v) is 5.77. The molecule has 2 N–H and O–H groups in total. The number of nitrogens with zero attached hydrogens (tertiary/aromatic N) is 2. The minimum absolute atomic E-state index is 0.133. The summed E-state index contributed by atoms with van der Waals surface area (Å²) in [6, 6.07) is 6.30. The monoisotopic (exact) mass is 446 g/mol. The Morgan fingerprint density at radius 1 is 1.29 bits per heavy atom. The molecule has 1 atom stereocenters. The van der Waals surface area contributed by atoms with Crippen LogP contribution in [0.3, 0.4) is 0 Å². The molecule has 1 aromatic heterocycles. The van der Waals surface area contributed by atoms with E-state index < -0.39 is 12.0 Å². The molecule has 0 saturated heterocycles. The Kier molecular flexibility index (Phi) is 7.69. The molecule has 0 saturated carbocycles. The highest BCUT2D eigenvalue weighted by Crippen LogP contribution is 2.24. The first-order valence-electron chi connectivity index (χ1n) is 10.0. The van der Waals surface area contributed by atoms with Crippen molar-refractivity contribution in [2.24, 2.45) is 0 Å². The average Bonchev–Trinajstić information content (AvgIpc) is 2.74. The Morgan fingerprint density at radius 2 is 2.06 bits per heavy atom. The highest BCUT2D eigenvalue weighted by Gasteiger charge is 2.30. The number of amides is 2. The molecule has 1 aliphatic rings. The van der Waals surface area contributed by atoms with Crippen molar-refractivity contribution in [1.82, 2.24) is 20.2 Å². The average molecular weight is 447 g/mol. The van der Waals surface area contributed by atoms with Crippen molar-refractivity contribution in [2.45, 2.75) is 38.0 Å². The Hall–Kier alpha value is -2.85. The van der Waals surface area contributed by atoms with Gasteiger partial charge in [-0.2, -0.15) is 0 Å². The normalized spacial score (nSPS) is 16.2. The standard InChI is InChI=1S/C21H26N4O5S/c1-4-30-19(27)17-13(2)22-20(28)23-16(17)12-31-21-24-15-9-6-5-8-14(15)18(26)25(21)10-7-11-29-3/h5-6,8-9,13H,4,7,10-12H2,1-3H3,(H2,22,23,28)/t13-/m1/s1. The number of urea groups is 1. The van der Waals surface area contributed by atoms with E-state index in [4.69, 9.17) is 9.47 Å². The van der Waals surface area contributed by atoms with Crippen LogP contribution in [0.5, 0.6) is 0 Å². The van der Waals surface area contributed by atoms with Gasteiger partial charge in [-0.1, -0.05) is 23.9 Å². The minimum atomic E-state index is -0.489. The summed E-state index contributed by atoms with van der Waals surface area (Å²) in [6.45, 7) is 4.64. The molecule has 0 aliphatic carbocycles. The molecule has 1 aromatic carbocycles. The van der Waals surface area contributed by atoms with Crippen LogP contribution in [0.25, 0.3) is 10.9 Å². The number of thioether (sulfide) groups is 1. The zero-order valence-corrected chi connectivity index (χ0v) is 18.6. The van der Waals surface area contributed by atoms with Crippen LogP contribution in [0.2, 0.25) is 0 Å². The molecule has 0 spiro atoms. The maximum absolute atomic E-state index is 13.1. The summed E-state index contributed by atoms with van der Waals surface area (Å²) in [6.07, 6.45) is 0.651. The van der Waals surface area contributed by atoms with Gasteiger partial charge in [-0.25, -0.2) is 14.6 Å². The van der Waals surface area contributed by atoms with Crippen LogP contribution in [0.15, 0.2) is 45.5 Å². The molecule has 10 heteroatoms. The van der Waals surface area contributed by atoms with E-state index in [2.05, 4.69) is 15.6 Å². The highest BCUT2D eigenvalue weighted by atomic mass is 32.2. The van der Waals surface area contributed by atoms with Crippen molar-refractivity contribution in [2.75, 3.05) is 26.1 Å². The third kappa shape index (κ3) is 5.26. The lowest BCUT2D eigenvalue weighted by Crippen LogP contribution is -2.49. The number of esters is 1. The number of aromatic nitrogens is 2. The number of benzene rings is 1. The lowest BCUT2D eigenvalue weighted by Gasteiger charge is -2.26. The molecular formula is C21H26N4O5S.